The molecule has 40 valence electrons. The Balaban J connectivity index is -0.0000000800. The zero-order chi connectivity index (χ0) is 4.50. The van der Waals surface area contributed by atoms with Crippen molar-refractivity contribution in [3.05, 3.63) is 0 Å². The standard InChI is InChI=1S/BH3.Na.H4O4Si.H/c;;1-5(2,3)4;/h1H3;;1-4H;. The van der Waals surface area contributed by atoms with Crippen molar-refractivity contribution in [3.8, 4) is 0 Å². The fraction of sp³-hybridized carbons (Fsp3) is 0. The van der Waals surface area contributed by atoms with Crippen LogP contribution in [0.25, 0.3) is 0 Å². The van der Waals surface area contributed by atoms with Crippen LogP contribution in [0.1, 0.15) is 0 Å². The predicted molar refractivity (Wildman–Crippen MR) is 31.7 cm³/mol. The van der Waals surface area contributed by atoms with Gasteiger partial charge in [-0.1, -0.05) is 0 Å². The first-order valence-electron chi connectivity index (χ1n) is 0.894. The summed E-state index contributed by atoms with van der Waals surface area (Å²) in [4.78, 5) is 29.3. The third kappa shape index (κ3) is 148. The van der Waals surface area contributed by atoms with Crippen LogP contribution in [-0.4, -0.2) is 66.2 Å². The van der Waals surface area contributed by atoms with Gasteiger partial charge in [0.15, 0.2) is 0 Å². The molecule has 4 nitrogen and oxygen atoms in total. The quantitative estimate of drug-likeness (QED) is 0.252. The molecule has 0 spiro atoms. The van der Waals surface area contributed by atoms with Crippen LogP contribution in [-0.2, 0) is 0 Å². The van der Waals surface area contributed by atoms with Crippen LogP contribution in [0.2, 0.25) is 0 Å². The maximum atomic E-state index is 7.33. The van der Waals surface area contributed by atoms with Gasteiger partial charge < -0.3 is 19.2 Å². The van der Waals surface area contributed by atoms with Crippen molar-refractivity contribution in [2.45, 2.75) is 0 Å². The molecular formula is H8BNaO4Si. The van der Waals surface area contributed by atoms with Crippen molar-refractivity contribution < 1.29 is 19.2 Å². The Bertz CT molecular complexity index is 27.2. The van der Waals surface area contributed by atoms with E-state index in [4.69, 9.17) is 19.2 Å². The van der Waals surface area contributed by atoms with Crippen molar-refractivity contribution in [1.29, 1.82) is 0 Å². The molecule has 0 aromatic carbocycles. The average molecular weight is 134 g/mol. The molecule has 0 rings (SSSR count). The van der Waals surface area contributed by atoms with E-state index < -0.39 is 9.05 Å². The summed E-state index contributed by atoms with van der Waals surface area (Å²) in [5, 5.41) is 0. The molecule has 0 fully saturated rings. The van der Waals surface area contributed by atoms with E-state index in [9.17, 15) is 0 Å². The summed E-state index contributed by atoms with van der Waals surface area (Å²) in [6.45, 7) is 0. The van der Waals surface area contributed by atoms with E-state index in [1.54, 1.807) is 0 Å². The molecule has 0 atom stereocenters. The first-order valence-corrected chi connectivity index (χ1v) is 2.68. The van der Waals surface area contributed by atoms with Crippen LogP contribution in [0.5, 0.6) is 0 Å². The molecule has 0 heterocycles. The van der Waals surface area contributed by atoms with Gasteiger partial charge in [-0.2, -0.15) is 0 Å². The Morgan fingerprint density at radius 3 is 0.857 bits per heavy atom. The van der Waals surface area contributed by atoms with Gasteiger partial charge in [-0.3, -0.25) is 0 Å². The van der Waals surface area contributed by atoms with Crippen LogP contribution in [0.3, 0.4) is 0 Å². The normalized spacial score (nSPS) is 8.57. The second kappa shape index (κ2) is 5.26. The van der Waals surface area contributed by atoms with Crippen molar-refractivity contribution in [2.24, 2.45) is 0 Å². The van der Waals surface area contributed by atoms with Crippen molar-refractivity contribution in [2.75, 3.05) is 0 Å². The van der Waals surface area contributed by atoms with Gasteiger partial charge in [0.25, 0.3) is 0 Å². The third-order valence-corrected chi connectivity index (χ3v) is 0. The summed E-state index contributed by atoms with van der Waals surface area (Å²) in [5.74, 6) is 0. The first-order chi connectivity index (χ1) is 2.00. The van der Waals surface area contributed by atoms with E-state index >= 15 is 0 Å². The zero-order valence-corrected chi connectivity index (χ0v) is 3.29. The van der Waals surface area contributed by atoms with E-state index in [0.717, 1.165) is 0 Å². The molecule has 0 aliphatic carbocycles. The molecule has 0 unspecified atom stereocenters. The number of hydrogen-bond donors (Lipinski definition) is 4. The van der Waals surface area contributed by atoms with E-state index in [2.05, 4.69) is 0 Å². The van der Waals surface area contributed by atoms with E-state index in [1.165, 1.54) is 0 Å². The van der Waals surface area contributed by atoms with Gasteiger partial charge >= 0.3 is 38.6 Å². The van der Waals surface area contributed by atoms with Crippen LogP contribution >= 0.6 is 0 Å². The molecular weight excluding hydrogens is 126 g/mol. The molecule has 0 bridgehead atoms. The Hall–Kier alpha value is 1.12. The fourth-order valence-corrected chi connectivity index (χ4v) is 0. The van der Waals surface area contributed by atoms with Crippen molar-refractivity contribution in [3.63, 3.8) is 0 Å². The average Bonchev–Trinajstić information content (AvgIpc) is 0.722. The molecule has 4 N–H and O–H groups in total. The summed E-state index contributed by atoms with van der Waals surface area (Å²) < 4.78 is 0. The van der Waals surface area contributed by atoms with E-state index in [0.29, 0.717) is 0 Å². The molecule has 7 heteroatoms. The van der Waals surface area contributed by atoms with Gasteiger partial charge in [0.05, 0.1) is 8.41 Å². The maximum absolute atomic E-state index is 7.33. The van der Waals surface area contributed by atoms with Crippen molar-refractivity contribution >= 4 is 47.0 Å². The summed E-state index contributed by atoms with van der Waals surface area (Å²) >= 11 is 0. The molecule has 0 saturated carbocycles. The third-order valence-electron chi connectivity index (χ3n) is 0. The summed E-state index contributed by atoms with van der Waals surface area (Å²) in [7, 11) is -4.61. The molecule has 0 amide bonds. The van der Waals surface area contributed by atoms with Crippen LogP contribution < -0.4 is 0 Å². The van der Waals surface area contributed by atoms with Crippen molar-refractivity contribution in [1.82, 2.24) is 0 Å². The molecule has 0 aliphatic heterocycles. The SMILES string of the molecule is B.O[Si](O)(O)O.[NaH]. The molecule has 0 radical (unpaired) electrons. The molecule has 7 heavy (non-hydrogen) atoms. The van der Waals surface area contributed by atoms with Crippen LogP contribution in [0.15, 0.2) is 0 Å². The van der Waals surface area contributed by atoms with Crippen LogP contribution in [0.4, 0.5) is 0 Å². The molecule has 0 aliphatic rings. The monoisotopic (exact) mass is 134 g/mol. The first kappa shape index (κ1) is 15.7. The Morgan fingerprint density at radius 1 is 0.857 bits per heavy atom. The topological polar surface area (TPSA) is 80.9 Å². The van der Waals surface area contributed by atoms with Gasteiger partial charge in [-0.05, 0) is 0 Å². The summed E-state index contributed by atoms with van der Waals surface area (Å²) in [5.41, 5.74) is 0. The Kier molecular flexibility index (Phi) is 11.8. The second-order valence-corrected chi connectivity index (χ2v) is 1.80. The van der Waals surface area contributed by atoms with Crippen LogP contribution in [0, 0.1) is 0 Å². The Morgan fingerprint density at radius 2 is 0.857 bits per heavy atom. The minimum atomic E-state index is -4.61. The zero-order valence-electron chi connectivity index (χ0n) is 2.29. The summed E-state index contributed by atoms with van der Waals surface area (Å²) in [6.07, 6.45) is 0. The second-order valence-electron chi connectivity index (χ2n) is 0.600. The van der Waals surface area contributed by atoms with E-state index in [-0.39, 0.29) is 38.0 Å². The van der Waals surface area contributed by atoms with Gasteiger partial charge in [-0.25, -0.2) is 0 Å². The molecule has 0 saturated heterocycles. The van der Waals surface area contributed by atoms with Gasteiger partial charge in [0, 0.05) is 0 Å². The predicted octanol–water partition coefficient (Wildman–Crippen LogP) is -4.44. The van der Waals surface area contributed by atoms with Gasteiger partial charge in [0.1, 0.15) is 0 Å². The van der Waals surface area contributed by atoms with Gasteiger partial charge in [-0.15, -0.1) is 0 Å². The fourth-order valence-electron chi connectivity index (χ4n) is 0. The minimum absolute atomic E-state index is 0. The number of rotatable bonds is 0. The summed E-state index contributed by atoms with van der Waals surface area (Å²) in [6, 6.07) is 0. The molecule has 0 aromatic rings. The van der Waals surface area contributed by atoms with E-state index in [1.807, 2.05) is 0 Å². The molecule has 0 aromatic heterocycles. The van der Waals surface area contributed by atoms with Gasteiger partial charge in [0.2, 0.25) is 0 Å². The Labute approximate surface area is 66.2 Å². The number of hydrogen-bond acceptors (Lipinski definition) is 4.